The van der Waals surface area contributed by atoms with E-state index < -0.39 is 0 Å². The molecule has 19 atom stereocenters. The normalized spacial score (nSPS) is 81.8. The van der Waals surface area contributed by atoms with Gasteiger partial charge in [-0.25, -0.2) is 0 Å². The van der Waals surface area contributed by atoms with E-state index in [0.29, 0.717) is 0 Å². The zero-order valence-corrected chi connectivity index (χ0v) is 19.9. The fraction of sp³-hybridized carbons (Fsp3) is 1.00. The van der Waals surface area contributed by atoms with E-state index in [0.717, 1.165) is 16.2 Å². The fourth-order valence-electron chi connectivity index (χ4n) is 19.2. The molecule has 17 fully saturated rings. The Morgan fingerprint density at radius 3 is 1.53 bits per heavy atom. The highest BCUT2D eigenvalue weighted by molar-refractivity contribution is 5.38. The maximum Gasteiger partial charge on any atom is -0.0114 e. The second-order valence-corrected chi connectivity index (χ2v) is 17.1. The molecular weight excluding hydrogens is 384 g/mol. The molecule has 170 valence electrons. The Labute approximate surface area is 194 Å². The van der Waals surface area contributed by atoms with Crippen molar-refractivity contribution in [1.82, 2.24) is 0 Å². The van der Waals surface area contributed by atoms with Crippen LogP contribution in [0.15, 0.2) is 0 Å². The Balaban J connectivity index is 1.20. The molecule has 1 spiro atoms. The average Bonchev–Trinajstić information content (AvgIpc) is 2.80. The van der Waals surface area contributed by atoms with E-state index in [1.165, 1.54) is 94.7 Å². The van der Waals surface area contributed by atoms with Crippen molar-refractivity contribution < 1.29 is 0 Å². The van der Waals surface area contributed by atoms with Crippen LogP contribution >= 0.6 is 0 Å². The van der Waals surface area contributed by atoms with Crippen molar-refractivity contribution in [2.45, 2.75) is 83.5 Å². The molecular formula is C32H42. The van der Waals surface area contributed by atoms with Gasteiger partial charge in [0.25, 0.3) is 0 Å². The molecule has 0 heterocycles. The Morgan fingerprint density at radius 1 is 0.375 bits per heavy atom. The third kappa shape index (κ3) is 1.23. The third-order valence-corrected chi connectivity index (χ3v) is 17.8. The molecule has 0 nitrogen and oxygen atoms in total. The Hall–Kier alpha value is 0. The molecule has 0 saturated heterocycles. The lowest BCUT2D eigenvalue weighted by Gasteiger charge is -2.94. The van der Waals surface area contributed by atoms with Gasteiger partial charge in [-0.15, -0.1) is 0 Å². The van der Waals surface area contributed by atoms with Crippen LogP contribution in [0.2, 0.25) is 0 Å². The van der Waals surface area contributed by atoms with E-state index in [9.17, 15) is 0 Å². The summed E-state index contributed by atoms with van der Waals surface area (Å²) in [5.41, 5.74) is 2.65. The summed E-state index contributed by atoms with van der Waals surface area (Å²) in [6, 6.07) is 0. The monoisotopic (exact) mass is 426 g/mol. The van der Waals surface area contributed by atoms with Crippen molar-refractivity contribution >= 4 is 0 Å². The van der Waals surface area contributed by atoms with Gasteiger partial charge in [0.15, 0.2) is 0 Å². The summed E-state index contributed by atoms with van der Waals surface area (Å²) in [5, 5.41) is 0. The molecule has 19 bridgehead atoms. The molecule has 0 aromatic rings. The summed E-state index contributed by atoms with van der Waals surface area (Å²) in [6.45, 7) is 0. The first kappa shape index (κ1) is 16.6. The number of rotatable bonds is 1. The molecule has 0 heteroatoms. The van der Waals surface area contributed by atoms with Crippen LogP contribution in [0.1, 0.15) is 83.5 Å². The van der Waals surface area contributed by atoms with Crippen molar-refractivity contribution in [2.24, 2.45) is 111 Å². The first-order valence-electron chi connectivity index (χ1n) is 15.7. The van der Waals surface area contributed by atoms with Crippen molar-refractivity contribution in [3.05, 3.63) is 0 Å². The minimum absolute atomic E-state index is 0.877. The van der Waals surface area contributed by atoms with Gasteiger partial charge >= 0.3 is 0 Å². The van der Waals surface area contributed by atoms with Crippen LogP contribution in [-0.2, 0) is 0 Å². The molecule has 0 aromatic heterocycles. The molecule has 7 unspecified atom stereocenters. The Bertz CT molecular complexity index is 930. The van der Waals surface area contributed by atoms with E-state index in [-0.39, 0.29) is 0 Å². The third-order valence-electron chi connectivity index (χ3n) is 17.8. The van der Waals surface area contributed by atoms with Crippen LogP contribution in [0, 0.1) is 111 Å². The van der Waals surface area contributed by atoms with Gasteiger partial charge in [0.1, 0.15) is 0 Å². The molecule has 0 amide bonds. The topological polar surface area (TPSA) is 0 Å². The SMILES string of the molecule is C1C2C[C@@H]3[C@H]4CC5C[C@H](C14)[C@H](C2)C3(C12[C@@H]3C[C@H]4C[C@@H]6C7[C@@H]8C[C@@H](C[C@H]1[C@@H]8C[C@@H]63)CC72C4)C5. The standard InChI is InChI=1S/C32H42/c1-14-6-25-19-2-15-3-20(18(1)19)26(7-14)31(25,13-15)32-27-8-16-4-23-21(27)10-22-24-5-17(9-28(22)32)12-30(32,11-16)29(23)24/h14-29H,1-13H2/t14?,15?,16-,17+,18?,19-,20+,21+,22-,23+,24-,25+,26-,27-,28+,29?,30?,31?,32?. The van der Waals surface area contributed by atoms with E-state index >= 15 is 0 Å². The van der Waals surface area contributed by atoms with Crippen molar-refractivity contribution in [2.75, 3.05) is 0 Å². The summed E-state index contributed by atoms with van der Waals surface area (Å²) < 4.78 is 0. The van der Waals surface area contributed by atoms with Gasteiger partial charge in [0.05, 0.1) is 0 Å². The second kappa shape index (κ2) is 4.47. The summed E-state index contributed by atoms with van der Waals surface area (Å²) in [6.07, 6.45) is 22.5. The highest BCUT2D eigenvalue weighted by Gasteiger charge is 2.90. The zero-order chi connectivity index (χ0) is 19.9. The van der Waals surface area contributed by atoms with Gasteiger partial charge in [0, 0.05) is 0 Å². The molecule has 0 N–H and O–H groups in total. The average molecular weight is 427 g/mol. The first-order valence-corrected chi connectivity index (χ1v) is 15.7. The molecule has 0 radical (unpaired) electrons. The molecule has 17 rings (SSSR count). The first-order chi connectivity index (χ1) is 15.7. The summed E-state index contributed by atoms with van der Waals surface area (Å²) in [5.74, 6) is 19.4. The molecule has 17 aliphatic carbocycles. The fourth-order valence-corrected chi connectivity index (χ4v) is 19.2. The number of hydrogen-bond acceptors (Lipinski definition) is 0. The minimum Gasteiger partial charge on any atom is -0.0470 e. The highest BCUT2D eigenvalue weighted by atomic mass is 14.9. The predicted molar refractivity (Wildman–Crippen MR) is 123 cm³/mol. The van der Waals surface area contributed by atoms with Crippen LogP contribution in [0.3, 0.4) is 0 Å². The number of hydrogen-bond donors (Lipinski definition) is 0. The Kier molecular flexibility index (Phi) is 2.32. The van der Waals surface area contributed by atoms with Crippen LogP contribution in [0.4, 0.5) is 0 Å². The van der Waals surface area contributed by atoms with Gasteiger partial charge in [-0.2, -0.15) is 0 Å². The highest BCUT2D eigenvalue weighted by Crippen LogP contribution is 2.96. The van der Waals surface area contributed by atoms with E-state index in [1.54, 1.807) is 83.5 Å². The smallest absolute Gasteiger partial charge is 0.0114 e. The van der Waals surface area contributed by atoms with E-state index in [4.69, 9.17) is 0 Å². The van der Waals surface area contributed by atoms with Crippen molar-refractivity contribution in [3.63, 3.8) is 0 Å². The van der Waals surface area contributed by atoms with Gasteiger partial charge in [-0.3, -0.25) is 0 Å². The molecule has 0 aliphatic heterocycles. The molecule has 17 saturated carbocycles. The lowest BCUT2D eigenvalue weighted by Crippen LogP contribution is -2.88. The zero-order valence-electron chi connectivity index (χ0n) is 19.9. The van der Waals surface area contributed by atoms with Crippen LogP contribution in [0.5, 0.6) is 0 Å². The van der Waals surface area contributed by atoms with Crippen LogP contribution < -0.4 is 0 Å². The Morgan fingerprint density at radius 2 is 0.875 bits per heavy atom. The lowest BCUT2D eigenvalue weighted by atomic mass is 9.10. The quantitative estimate of drug-likeness (QED) is 0.422. The van der Waals surface area contributed by atoms with Crippen molar-refractivity contribution in [3.8, 4) is 0 Å². The largest absolute Gasteiger partial charge is 0.0470 e. The van der Waals surface area contributed by atoms with Gasteiger partial charge in [0.2, 0.25) is 0 Å². The molecule has 32 heavy (non-hydrogen) atoms. The van der Waals surface area contributed by atoms with Crippen LogP contribution in [0.25, 0.3) is 0 Å². The molecule has 17 aliphatic rings. The molecule has 0 aromatic carbocycles. The van der Waals surface area contributed by atoms with Crippen molar-refractivity contribution in [1.29, 1.82) is 0 Å². The maximum atomic E-state index is 1.78. The summed E-state index contributed by atoms with van der Waals surface area (Å²) in [4.78, 5) is 0. The second-order valence-electron chi connectivity index (χ2n) is 17.1. The lowest BCUT2D eigenvalue weighted by molar-refractivity contribution is -0.461. The van der Waals surface area contributed by atoms with E-state index in [1.807, 2.05) is 0 Å². The van der Waals surface area contributed by atoms with E-state index in [2.05, 4.69) is 0 Å². The summed E-state index contributed by atoms with van der Waals surface area (Å²) in [7, 11) is 0. The van der Waals surface area contributed by atoms with Gasteiger partial charge in [-0.05, 0) is 194 Å². The van der Waals surface area contributed by atoms with Gasteiger partial charge < -0.3 is 0 Å². The minimum atomic E-state index is 0.877. The predicted octanol–water partition coefficient (Wildman–Crippen LogP) is 7.04. The van der Waals surface area contributed by atoms with Crippen LogP contribution in [-0.4, -0.2) is 0 Å². The van der Waals surface area contributed by atoms with Gasteiger partial charge in [-0.1, -0.05) is 0 Å². The summed E-state index contributed by atoms with van der Waals surface area (Å²) >= 11 is 0. The maximum absolute atomic E-state index is 1.78.